The predicted octanol–water partition coefficient (Wildman–Crippen LogP) is 6.11. The number of hydrogen-bond acceptors (Lipinski definition) is 4. The van der Waals surface area contributed by atoms with Crippen LogP contribution in [0.2, 0.25) is 15.1 Å². The lowest BCUT2D eigenvalue weighted by Gasteiger charge is -2.34. The zero-order valence-corrected chi connectivity index (χ0v) is 25.7. The molecule has 0 spiro atoms. The molecule has 0 aliphatic heterocycles. The first-order chi connectivity index (χ1) is 19.5. The van der Waals surface area contributed by atoms with Crippen LogP contribution in [0.5, 0.6) is 0 Å². The van der Waals surface area contributed by atoms with Gasteiger partial charge in [-0.2, -0.15) is 0 Å². The number of carbonyl (C=O) groups is 2. The Balaban J connectivity index is 1.75. The smallest absolute Gasteiger partial charge is 0.244 e. The highest BCUT2D eigenvalue weighted by Crippen LogP contribution is 2.29. The average molecular weight is 637 g/mol. The molecule has 0 aromatic heterocycles. The Kier molecular flexibility index (Phi) is 10.6. The van der Waals surface area contributed by atoms with E-state index >= 15 is 0 Å². The zero-order chi connectivity index (χ0) is 29.6. The lowest BCUT2D eigenvalue weighted by atomic mass is 10.0. The minimum Gasteiger partial charge on any atom is -0.352 e. The molecule has 1 saturated carbocycles. The largest absolute Gasteiger partial charge is 0.352 e. The van der Waals surface area contributed by atoms with E-state index in [1.165, 1.54) is 11.0 Å². The van der Waals surface area contributed by atoms with Crippen LogP contribution in [0.4, 0.5) is 5.69 Å². The van der Waals surface area contributed by atoms with Crippen LogP contribution in [0.15, 0.2) is 72.8 Å². The van der Waals surface area contributed by atoms with Gasteiger partial charge >= 0.3 is 0 Å². The van der Waals surface area contributed by atoms with E-state index in [1.54, 1.807) is 36.4 Å². The second-order valence-corrected chi connectivity index (χ2v) is 13.3. The van der Waals surface area contributed by atoms with Crippen molar-refractivity contribution in [1.29, 1.82) is 0 Å². The number of nitrogens with zero attached hydrogens (tertiary/aromatic N) is 2. The van der Waals surface area contributed by atoms with Crippen LogP contribution in [0.3, 0.4) is 0 Å². The molecule has 7 nitrogen and oxygen atoms in total. The number of rotatable bonds is 11. The molecule has 0 heterocycles. The summed E-state index contributed by atoms with van der Waals surface area (Å²) in [6, 6.07) is 19.8. The van der Waals surface area contributed by atoms with E-state index in [1.807, 2.05) is 30.3 Å². The molecule has 11 heteroatoms. The Morgan fingerprint density at radius 2 is 1.59 bits per heavy atom. The van der Waals surface area contributed by atoms with Gasteiger partial charge in [0.1, 0.15) is 12.6 Å². The average Bonchev–Trinajstić information content (AvgIpc) is 3.43. The summed E-state index contributed by atoms with van der Waals surface area (Å²) in [6.45, 7) is -0.597. The summed E-state index contributed by atoms with van der Waals surface area (Å²) in [5, 5.41) is 4.07. The van der Waals surface area contributed by atoms with Crippen LogP contribution in [-0.4, -0.2) is 50.0 Å². The molecule has 0 radical (unpaired) electrons. The molecule has 1 N–H and O–H groups in total. The number of carbonyl (C=O) groups excluding carboxylic acids is 2. The van der Waals surface area contributed by atoms with Gasteiger partial charge in [-0.05, 0) is 48.2 Å². The summed E-state index contributed by atoms with van der Waals surface area (Å²) < 4.78 is 26.8. The van der Waals surface area contributed by atoms with Crippen molar-refractivity contribution in [3.63, 3.8) is 0 Å². The maximum Gasteiger partial charge on any atom is 0.244 e. The van der Waals surface area contributed by atoms with Crippen LogP contribution in [0, 0.1) is 0 Å². The molecule has 41 heavy (non-hydrogen) atoms. The molecule has 3 aromatic carbocycles. The third-order valence-electron chi connectivity index (χ3n) is 7.13. The van der Waals surface area contributed by atoms with Crippen LogP contribution in [0.1, 0.15) is 36.8 Å². The fourth-order valence-electron chi connectivity index (χ4n) is 5.00. The van der Waals surface area contributed by atoms with Crippen molar-refractivity contribution in [2.24, 2.45) is 0 Å². The van der Waals surface area contributed by atoms with Crippen LogP contribution in [-0.2, 0) is 32.6 Å². The van der Waals surface area contributed by atoms with E-state index in [4.69, 9.17) is 34.8 Å². The van der Waals surface area contributed by atoms with Crippen LogP contribution < -0.4 is 9.62 Å². The Bertz CT molecular complexity index is 1480. The van der Waals surface area contributed by atoms with E-state index in [0.29, 0.717) is 15.6 Å². The third kappa shape index (κ3) is 8.38. The highest BCUT2D eigenvalue weighted by molar-refractivity contribution is 7.92. The summed E-state index contributed by atoms with van der Waals surface area (Å²) in [5.74, 6) is -0.883. The minimum atomic E-state index is -3.92. The standard InChI is InChI=1S/C30H32Cl3N3O4S/c1-41(39,40)36(27-14-8-7-13-25(27)32)20-29(37)35(19-22-15-16-23(31)18-26(22)33)28(17-21-9-3-2-4-10-21)30(38)34-24-11-5-6-12-24/h2-4,7-10,13-16,18,24,28H,5-6,11-12,17,19-20H2,1H3,(H,34,38)/t28-/m0/s1. The maximum atomic E-state index is 14.2. The fourth-order valence-corrected chi connectivity index (χ4v) is 6.62. The monoisotopic (exact) mass is 635 g/mol. The molecular weight excluding hydrogens is 605 g/mol. The van der Waals surface area contributed by atoms with Gasteiger partial charge in [0, 0.05) is 29.1 Å². The van der Waals surface area contributed by atoms with Gasteiger partial charge in [0.25, 0.3) is 0 Å². The van der Waals surface area contributed by atoms with Crippen molar-refractivity contribution >= 4 is 62.3 Å². The highest BCUT2D eigenvalue weighted by Gasteiger charge is 2.35. The number of anilines is 1. The third-order valence-corrected chi connectivity index (χ3v) is 9.16. The first kappa shape index (κ1) is 31.2. The van der Waals surface area contributed by atoms with E-state index in [9.17, 15) is 18.0 Å². The molecule has 0 bridgehead atoms. The summed E-state index contributed by atoms with van der Waals surface area (Å²) >= 11 is 19.0. The van der Waals surface area contributed by atoms with Gasteiger partial charge in [0.15, 0.2) is 0 Å². The molecule has 0 saturated heterocycles. The SMILES string of the molecule is CS(=O)(=O)N(CC(=O)N(Cc1ccc(Cl)cc1Cl)[C@@H](Cc1ccccc1)C(=O)NC1CCCC1)c1ccccc1Cl. The van der Waals surface area contributed by atoms with Gasteiger partial charge in [-0.3, -0.25) is 13.9 Å². The van der Waals surface area contributed by atoms with Crippen molar-refractivity contribution in [3.05, 3.63) is 99.0 Å². The molecule has 4 rings (SSSR count). The Morgan fingerprint density at radius 1 is 0.927 bits per heavy atom. The Labute approximate surface area is 256 Å². The van der Waals surface area contributed by atoms with Gasteiger partial charge < -0.3 is 10.2 Å². The van der Waals surface area contributed by atoms with Gasteiger partial charge in [-0.15, -0.1) is 0 Å². The van der Waals surface area contributed by atoms with E-state index < -0.39 is 28.5 Å². The normalized spacial score (nSPS) is 14.4. The summed E-state index contributed by atoms with van der Waals surface area (Å²) in [5.41, 5.74) is 1.59. The summed E-state index contributed by atoms with van der Waals surface area (Å²) in [7, 11) is -3.92. The van der Waals surface area contributed by atoms with Crippen LogP contribution >= 0.6 is 34.8 Å². The van der Waals surface area contributed by atoms with Gasteiger partial charge in [-0.25, -0.2) is 8.42 Å². The maximum absolute atomic E-state index is 14.2. The minimum absolute atomic E-state index is 0.0208. The lowest BCUT2D eigenvalue weighted by molar-refractivity contribution is -0.140. The van der Waals surface area contributed by atoms with Crippen molar-refractivity contribution in [3.8, 4) is 0 Å². The van der Waals surface area contributed by atoms with Gasteiger partial charge in [0.2, 0.25) is 21.8 Å². The van der Waals surface area contributed by atoms with Crippen molar-refractivity contribution < 1.29 is 18.0 Å². The number of amides is 2. The number of benzene rings is 3. The predicted molar refractivity (Wildman–Crippen MR) is 165 cm³/mol. The van der Waals surface area contributed by atoms with E-state index in [2.05, 4.69) is 5.32 Å². The molecule has 1 aliphatic rings. The fraction of sp³-hybridized carbons (Fsp3) is 0.333. The zero-order valence-electron chi connectivity index (χ0n) is 22.6. The first-order valence-corrected chi connectivity index (χ1v) is 16.3. The topological polar surface area (TPSA) is 86.8 Å². The molecule has 3 aromatic rings. The molecule has 218 valence electrons. The molecule has 1 aliphatic carbocycles. The highest BCUT2D eigenvalue weighted by atomic mass is 35.5. The number of para-hydroxylation sites is 1. The Hall–Kier alpha value is -2.78. The van der Waals surface area contributed by atoms with Crippen molar-refractivity contribution in [1.82, 2.24) is 10.2 Å². The number of hydrogen-bond donors (Lipinski definition) is 1. The van der Waals surface area contributed by atoms with Crippen molar-refractivity contribution in [2.75, 3.05) is 17.1 Å². The second kappa shape index (κ2) is 13.9. The Morgan fingerprint density at radius 3 is 2.22 bits per heavy atom. The molecule has 2 amide bonds. The number of halogens is 3. The number of nitrogens with one attached hydrogen (secondary N) is 1. The molecular formula is C30H32Cl3N3O4S. The van der Waals surface area contributed by atoms with Crippen LogP contribution in [0.25, 0.3) is 0 Å². The molecule has 1 fully saturated rings. The van der Waals surface area contributed by atoms with Crippen molar-refractivity contribution in [2.45, 2.75) is 50.7 Å². The molecule has 1 atom stereocenters. The molecule has 0 unspecified atom stereocenters. The number of sulfonamides is 1. The summed E-state index contributed by atoms with van der Waals surface area (Å²) in [4.78, 5) is 29.4. The lowest BCUT2D eigenvalue weighted by Crippen LogP contribution is -2.54. The second-order valence-electron chi connectivity index (χ2n) is 10.2. The van der Waals surface area contributed by atoms with Gasteiger partial charge in [-0.1, -0.05) is 96.2 Å². The van der Waals surface area contributed by atoms with Gasteiger partial charge in [0.05, 0.1) is 17.0 Å². The quantitative estimate of drug-likeness (QED) is 0.275. The summed E-state index contributed by atoms with van der Waals surface area (Å²) in [6.07, 6.45) is 5.03. The van der Waals surface area contributed by atoms with E-state index in [-0.39, 0.29) is 35.6 Å². The first-order valence-electron chi connectivity index (χ1n) is 13.3. The van der Waals surface area contributed by atoms with E-state index in [0.717, 1.165) is 41.8 Å².